The smallest absolute Gasteiger partial charge is 0.408 e. The second-order valence-corrected chi connectivity index (χ2v) is 9.47. The van der Waals surface area contributed by atoms with E-state index in [1.165, 1.54) is 0 Å². The molecule has 1 fully saturated rings. The topological polar surface area (TPSA) is 88.1 Å². The molecule has 1 aliphatic heterocycles. The van der Waals surface area contributed by atoms with E-state index in [0.717, 1.165) is 33.6 Å². The summed E-state index contributed by atoms with van der Waals surface area (Å²) in [5.74, 6) is -0.313. The van der Waals surface area contributed by atoms with E-state index in [1.807, 2.05) is 48.5 Å². The zero-order chi connectivity index (χ0) is 25.1. The highest BCUT2D eigenvalue weighted by atomic mass is 16.5. The van der Waals surface area contributed by atoms with Crippen molar-refractivity contribution in [1.82, 2.24) is 10.2 Å². The Morgan fingerprint density at radius 3 is 2.22 bits per heavy atom. The fourth-order valence-corrected chi connectivity index (χ4v) is 5.34. The van der Waals surface area contributed by atoms with Gasteiger partial charge in [-0.3, -0.25) is 4.90 Å². The summed E-state index contributed by atoms with van der Waals surface area (Å²) in [6, 6.07) is 24.1. The summed E-state index contributed by atoms with van der Waals surface area (Å²) < 4.78 is 10.9. The number of carboxylic acids is 1. The van der Waals surface area contributed by atoms with Crippen LogP contribution in [0, 0.1) is 0 Å². The van der Waals surface area contributed by atoms with Gasteiger partial charge < -0.3 is 19.9 Å². The van der Waals surface area contributed by atoms with Crippen LogP contribution in [0.4, 0.5) is 4.79 Å². The predicted octanol–water partition coefficient (Wildman–Crippen LogP) is 4.65. The van der Waals surface area contributed by atoms with E-state index < -0.39 is 17.6 Å². The number of hydrogen-bond donors (Lipinski definition) is 2. The first-order valence-electron chi connectivity index (χ1n) is 12.2. The maximum Gasteiger partial charge on any atom is 0.408 e. The molecule has 7 nitrogen and oxygen atoms in total. The van der Waals surface area contributed by atoms with Crippen LogP contribution in [0.1, 0.15) is 35.4 Å². The zero-order valence-electron chi connectivity index (χ0n) is 20.3. The molecule has 0 atom stereocenters. The van der Waals surface area contributed by atoms with Crippen molar-refractivity contribution < 1.29 is 24.2 Å². The monoisotopic (exact) mass is 486 g/mol. The van der Waals surface area contributed by atoms with E-state index in [9.17, 15) is 14.7 Å². The van der Waals surface area contributed by atoms with Crippen molar-refractivity contribution in [3.05, 3.63) is 89.5 Å². The molecule has 1 aliphatic carbocycles. The molecule has 0 radical (unpaired) electrons. The van der Waals surface area contributed by atoms with Gasteiger partial charge in [0.2, 0.25) is 0 Å². The van der Waals surface area contributed by atoms with Gasteiger partial charge in [0.05, 0.1) is 7.11 Å². The van der Waals surface area contributed by atoms with E-state index in [2.05, 4.69) is 34.5 Å². The summed E-state index contributed by atoms with van der Waals surface area (Å²) in [7, 11) is 1.64. The number of piperidine rings is 1. The molecule has 3 aromatic carbocycles. The molecule has 5 rings (SSSR count). The molecule has 2 N–H and O–H groups in total. The number of carboxylic acid groups (broad SMARTS) is 1. The normalized spacial score (nSPS) is 16.6. The van der Waals surface area contributed by atoms with Crippen LogP contribution < -0.4 is 10.1 Å². The second-order valence-electron chi connectivity index (χ2n) is 9.47. The number of carbonyl (C=O) groups excluding carboxylic acids is 1. The van der Waals surface area contributed by atoms with Crippen LogP contribution in [-0.4, -0.2) is 54.4 Å². The number of alkyl carbamates (subject to hydrolysis) is 1. The number of nitrogens with zero attached hydrogens (tertiary/aromatic N) is 1. The molecule has 1 heterocycles. The lowest BCUT2D eigenvalue weighted by atomic mass is 9.87. The molecule has 0 aromatic heterocycles. The van der Waals surface area contributed by atoms with Crippen LogP contribution >= 0.6 is 0 Å². The highest BCUT2D eigenvalue weighted by molar-refractivity contribution is 5.85. The Balaban J connectivity index is 1.21. The van der Waals surface area contributed by atoms with Crippen LogP contribution in [0.15, 0.2) is 72.8 Å². The third kappa shape index (κ3) is 4.66. The third-order valence-corrected chi connectivity index (χ3v) is 7.34. The van der Waals surface area contributed by atoms with Crippen LogP contribution in [-0.2, 0) is 16.1 Å². The summed E-state index contributed by atoms with van der Waals surface area (Å²) in [6.45, 7) is 1.94. The SMILES string of the molecule is COc1cccc(CN2CCC(NC(=O)OCC3c4ccccc4-c4ccccc43)(C(=O)O)CC2)c1. The first-order chi connectivity index (χ1) is 17.5. The minimum Gasteiger partial charge on any atom is -0.497 e. The second kappa shape index (κ2) is 10.0. The molecule has 0 bridgehead atoms. The number of amides is 1. The van der Waals surface area contributed by atoms with Gasteiger partial charge in [0.15, 0.2) is 0 Å². The van der Waals surface area contributed by atoms with Gasteiger partial charge in [-0.15, -0.1) is 0 Å². The maximum atomic E-state index is 12.8. The zero-order valence-corrected chi connectivity index (χ0v) is 20.3. The summed E-state index contributed by atoms with van der Waals surface area (Å²) in [5.41, 5.74) is 4.28. The van der Waals surface area contributed by atoms with E-state index in [-0.39, 0.29) is 12.5 Å². The van der Waals surface area contributed by atoms with Crippen molar-refractivity contribution in [2.75, 3.05) is 26.8 Å². The largest absolute Gasteiger partial charge is 0.497 e. The number of nitrogens with one attached hydrogen (secondary N) is 1. The number of hydrogen-bond acceptors (Lipinski definition) is 5. The minimum atomic E-state index is -1.34. The maximum absolute atomic E-state index is 12.8. The molecule has 1 amide bonds. The van der Waals surface area contributed by atoms with Gasteiger partial charge in [0, 0.05) is 25.6 Å². The van der Waals surface area contributed by atoms with Crippen molar-refractivity contribution in [3.63, 3.8) is 0 Å². The van der Waals surface area contributed by atoms with Gasteiger partial charge in [-0.1, -0.05) is 60.7 Å². The Hall–Kier alpha value is -3.84. The molecule has 1 saturated heterocycles. The van der Waals surface area contributed by atoms with Crippen LogP contribution in [0.2, 0.25) is 0 Å². The lowest BCUT2D eigenvalue weighted by Gasteiger charge is -2.39. The molecule has 0 saturated carbocycles. The number of likely N-dealkylation sites (tertiary alicyclic amines) is 1. The predicted molar refractivity (Wildman–Crippen MR) is 136 cm³/mol. The average Bonchev–Trinajstić information content (AvgIpc) is 3.22. The number of rotatable bonds is 7. The molecule has 3 aromatic rings. The first kappa shape index (κ1) is 23.9. The van der Waals surface area contributed by atoms with Crippen molar-refractivity contribution in [2.45, 2.75) is 30.8 Å². The van der Waals surface area contributed by atoms with E-state index in [0.29, 0.717) is 32.5 Å². The fraction of sp³-hybridized carbons (Fsp3) is 0.310. The molecule has 7 heteroatoms. The highest BCUT2D eigenvalue weighted by Gasteiger charge is 2.43. The number of ether oxygens (including phenoxy) is 2. The Bertz CT molecular complexity index is 1220. The summed E-state index contributed by atoms with van der Waals surface area (Å²) >= 11 is 0. The summed E-state index contributed by atoms with van der Waals surface area (Å²) in [5, 5.41) is 12.7. The van der Waals surface area contributed by atoms with Crippen molar-refractivity contribution >= 4 is 12.1 Å². The Morgan fingerprint density at radius 1 is 0.972 bits per heavy atom. The number of methoxy groups -OCH3 is 1. The standard InChI is InChI=1S/C29H30N2O5/c1-35-21-8-6-7-20(17-21)18-31-15-13-29(14-16-31,27(32)33)30-28(34)36-19-26-24-11-4-2-9-22(24)23-10-3-5-12-25(23)26/h2-12,17,26H,13-16,18-19H2,1H3,(H,30,34)(H,32,33). The van der Waals surface area contributed by atoms with E-state index >= 15 is 0 Å². The molecule has 0 unspecified atom stereocenters. The molecular weight excluding hydrogens is 456 g/mol. The van der Waals surface area contributed by atoms with Crippen molar-refractivity contribution in [1.29, 1.82) is 0 Å². The highest BCUT2D eigenvalue weighted by Crippen LogP contribution is 2.44. The first-order valence-corrected chi connectivity index (χ1v) is 12.2. The quantitative estimate of drug-likeness (QED) is 0.505. The third-order valence-electron chi connectivity index (χ3n) is 7.34. The van der Waals surface area contributed by atoms with Gasteiger partial charge in [0.25, 0.3) is 0 Å². The number of carbonyl (C=O) groups is 2. The van der Waals surface area contributed by atoms with Crippen molar-refractivity contribution in [3.8, 4) is 16.9 Å². The van der Waals surface area contributed by atoms with Gasteiger partial charge in [-0.2, -0.15) is 0 Å². The van der Waals surface area contributed by atoms with Crippen molar-refractivity contribution in [2.24, 2.45) is 0 Å². The molecular formula is C29H30N2O5. The number of benzene rings is 3. The molecule has 0 spiro atoms. The lowest BCUT2D eigenvalue weighted by Crippen LogP contribution is -2.60. The Morgan fingerprint density at radius 2 is 1.61 bits per heavy atom. The summed E-state index contributed by atoms with van der Waals surface area (Å²) in [4.78, 5) is 27.3. The van der Waals surface area contributed by atoms with E-state index in [1.54, 1.807) is 7.11 Å². The molecule has 186 valence electrons. The lowest BCUT2D eigenvalue weighted by molar-refractivity contribution is -0.147. The van der Waals surface area contributed by atoms with Crippen LogP contribution in [0.5, 0.6) is 5.75 Å². The molecule has 2 aliphatic rings. The van der Waals surface area contributed by atoms with Crippen LogP contribution in [0.25, 0.3) is 11.1 Å². The fourth-order valence-electron chi connectivity index (χ4n) is 5.34. The van der Waals surface area contributed by atoms with Gasteiger partial charge in [0.1, 0.15) is 17.9 Å². The van der Waals surface area contributed by atoms with Crippen LogP contribution in [0.3, 0.4) is 0 Å². The number of fused-ring (bicyclic) bond motifs is 3. The molecule has 36 heavy (non-hydrogen) atoms. The van der Waals surface area contributed by atoms with Gasteiger partial charge in [-0.25, -0.2) is 9.59 Å². The Labute approximate surface area is 210 Å². The van der Waals surface area contributed by atoms with E-state index in [4.69, 9.17) is 9.47 Å². The minimum absolute atomic E-state index is 0.0753. The Kier molecular flexibility index (Phi) is 6.65. The summed E-state index contributed by atoms with van der Waals surface area (Å²) in [6.07, 6.45) is -0.0898. The van der Waals surface area contributed by atoms with Gasteiger partial charge >= 0.3 is 12.1 Å². The van der Waals surface area contributed by atoms with Gasteiger partial charge in [-0.05, 0) is 52.8 Å². The average molecular weight is 487 g/mol. The number of aliphatic carboxylic acids is 1.